The Bertz CT molecular complexity index is 1060. The number of hydrogen-bond acceptors (Lipinski definition) is 6. The first-order valence-electron chi connectivity index (χ1n) is 10.4. The van der Waals surface area contributed by atoms with Gasteiger partial charge >= 0.3 is 0 Å². The fourth-order valence-corrected chi connectivity index (χ4v) is 3.69. The van der Waals surface area contributed by atoms with E-state index < -0.39 is 5.91 Å². The SMILES string of the molecule is CC(C)c1ccc(C(=O)N2CCC(c3nc(C(=O)Nc4cnn(C)c4)no3)CC2)cc1. The number of nitrogens with one attached hydrogen (secondary N) is 1. The van der Waals surface area contributed by atoms with Gasteiger partial charge in [-0.2, -0.15) is 10.1 Å². The Hall–Kier alpha value is -3.49. The average Bonchev–Trinajstić information content (AvgIpc) is 3.43. The number of benzene rings is 1. The molecular weight excluding hydrogens is 396 g/mol. The molecule has 0 saturated carbocycles. The maximum Gasteiger partial charge on any atom is 0.297 e. The minimum Gasteiger partial charge on any atom is -0.339 e. The van der Waals surface area contributed by atoms with Crippen LogP contribution in [-0.4, -0.2) is 49.7 Å². The first-order valence-corrected chi connectivity index (χ1v) is 10.4. The molecule has 1 saturated heterocycles. The second-order valence-electron chi connectivity index (χ2n) is 8.16. The van der Waals surface area contributed by atoms with Crippen LogP contribution >= 0.6 is 0 Å². The summed E-state index contributed by atoms with van der Waals surface area (Å²) >= 11 is 0. The molecule has 2 amide bonds. The van der Waals surface area contributed by atoms with Crippen molar-refractivity contribution in [3.63, 3.8) is 0 Å². The topological polar surface area (TPSA) is 106 Å². The summed E-state index contributed by atoms with van der Waals surface area (Å²) in [6.45, 7) is 5.48. The minimum absolute atomic E-state index is 0.0115. The van der Waals surface area contributed by atoms with Crippen LogP contribution in [0.5, 0.6) is 0 Å². The normalized spacial score (nSPS) is 14.8. The summed E-state index contributed by atoms with van der Waals surface area (Å²) in [5.41, 5.74) is 2.48. The number of anilines is 1. The lowest BCUT2D eigenvalue weighted by Crippen LogP contribution is -2.38. The lowest BCUT2D eigenvalue weighted by molar-refractivity contribution is 0.0704. The fraction of sp³-hybridized carbons (Fsp3) is 0.409. The van der Waals surface area contributed by atoms with Gasteiger partial charge in [-0.25, -0.2) is 0 Å². The van der Waals surface area contributed by atoms with E-state index in [1.54, 1.807) is 24.1 Å². The molecule has 162 valence electrons. The highest BCUT2D eigenvalue weighted by Gasteiger charge is 2.29. The van der Waals surface area contributed by atoms with Crippen molar-refractivity contribution in [2.45, 2.75) is 38.5 Å². The maximum absolute atomic E-state index is 12.8. The number of aryl methyl sites for hydroxylation is 1. The highest BCUT2D eigenvalue weighted by molar-refractivity contribution is 6.01. The van der Waals surface area contributed by atoms with Crippen molar-refractivity contribution in [1.82, 2.24) is 24.8 Å². The maximum atomic E-state index is 12.8. The van der Waals surface area contributed by atoms with E-state index in [0.717, 1.165) is 0 Å². The second-order valence-corrected chi connectivity index (χ2v) is 8.16. The van der Waals surface area contributed by atoms with Crippen molar-refractivity contribution in [2.75, 3.05) is 18.4 Å². The summed E-state index contributed by atoms with van der Waals surface area (Å²) in [5, 5.41) is 10.5. The molecule has 1 aliphatic rings. The number of piperidine rings is 1. The van der Waals surface area contributed by atoms with Gasteiger partial charge in [-0.3, -0.25) is 14.3 Å². The number of nitrogens with zero attached hydrogens (tertiary/aromatic N) is 5. The van der Waals surface area contributed by atoms with Crippen LogP contribution in [0.25, 0.3) is 0 Å². The molecule has 2 aromatic heterocycles. The summed E-state index contributed by atoms with van der Waals surface area (Å²) < 4.78 is 6.93. The van der Waals surface area contributed by atoms with E-state index in [9.17, 15) is 9.59 Å². The molecule has 0 atom stereocenters. The zero-order valence-electron chi connectivity index (χ0n) is 17.9. The van der Waals surface area contributed by atoms with Crippen molar-refractivity contribution >= 4 is 17.5 Å². The molecule has 1 aromatic carbocycles. The Morgan fingerprint density at radius 1 is 1.16 bits per heavy atom. The molecular formula is C22H26N6O3. The number of amides is 2. The van der Waals surface area contributed by atoms with E-state index in [2.05, 4.69) is 34.4 Å². The molecule has 0 radical (unpaired) electrons. The van der Waals surface area contributed by atoms with Crippen LogP contribution in [0.1, 0.15) is 71.0 Å². The highest BCUT2D eigenvalue weighted by atomic mass is 16.5. The summed E-state index contributed by atoms with van der Waals surface area (Å²) in [7, 11) is 1.76. The monoisotopic (exact) mass is 422 g/mol. The number of rotatable bonds is 5. The summed E-state index contributed by atoms with van der Waals surface area (Å²) in [6, 6.07) is 7.83. The van der Waals surface area contributed by atoms with E-state index in [1.807, 2.05) is 29.2 Å². The van der Waals surface area contributed by atoms with Gasteiger partial charge in [0.25, 0.3) is 17.6 Å². The summed E-state index contributed by atoms with van der Waals surface area (Å²) in [6.07, 6.45) is 4.65. The Morgan fingerprint density at radius 3 is 2.48 bits per heavy atom. The molecule has 3 heterocycles. The summed E-state index contributed by atoms with van der Waals surface area (Å²) in [5.74, 6) is 0.481. The molecule has 4 rings (SSSR count). The summed E-state index contributed by atoms with van der Waals surface area (Å²) in [4.78, 5) is 31.2. The first-order chi connectivity index (χ1) is 14.9. The van der Waals surface area contributed by atoms with Crippen LogP contribution in [0.3, 0.4) is 0 Å². The van der Waals surface area contributed by atoms with E-state index in [1.165, 1.54) is 5.56 Å². The van der Waals surface area contributed by atoms with Gasteiger partial charge in [0.05, 0.1) is 11.9 Å². The van der Waals surface area contributed by atoms with Crippen LogP contribution in [0, 0.1) is 0 Å². The molecule has 1 fully saturated rings. The third-order valence-corrected chi connectivity index (χ3v) is 5.56. The molecule has 9 nitrogen and oxygen atoms in total. The van der Waals surface area contributed by atoms with E-state index in [4.69, 9.17) is 4.52 Å². The van der Waals surface area contributed by atoms with Gasteiger partial charge < -0.3 is 14.7 Å². The standard InChI is InChI=1S/C22H26N6O3/c1-14(2)15-4-6-17(7-5-15)22(30)28-10-8-16(9-11-28)21-25-19(26-31-21)20(29)24-18-12-23-27(3)13-18/h4-7,12-14,16H,8-11H2,1-3H3,(H,24,29). The molecule has 0 aliphatic carbocycles. The fourth-order valence-electron chi connectivity index (χ4n) is 3.69. The Morgan fingerprint density at radius 2 is 1.87 bits per heavy atom. The van der Waals surface area contributed by atoms with Crippen LogP contribution in [0.15, 0.2) is 41.2 Å². The van der Waals surface area contributed by atoms with Gasteiger partial charge in [-0.15, -0.1) is 0 Å². The van der Waals surface area contributed by atoms with Crippen molar-refractivity contribution < 1.29 is 14.1 Å². The molecule has 1 aliphatic heterocycles. The molecule has 3 aromatic rings. The number of carbonyl (C=O) groups is 2. The largest absolute Gasteiger partial charge is 0.339 e. The predicted octanol–water partition coefficient (Wildman–Crippen LogP) is 3.20. The van der Waals surface area contributed by atoms with Crippen molar-refractivity contribution in [3.8, 4) is 0 Å². The van der Waals surface area contributed by atoms with Gasteiger partial charge in [0, 0.05) is 37.8 Å². The van der Waals surface area contributed by atoms with Crippen LogP contribution < -0.4 is 5.32 Å². The minimum atomic E-state index is -0.444. The first kappa shape index (κ1) is 20.8. The quantitative estimate of drug-likeness (QED) is 0.677. The van der Waals surface area contributed by atoms with Gasteiger partial charge in [0.1, 0.15) is 0 Å². The predicted molar refractivity (Wildman–Crippen MR) is 114 cm³/mol. The third-order valence-electron chi connectivity index (χ3n) is 5.56. The zero-order valence-corrected chi connectivity index (χ0v) is 17.9. The number of hydrogen-bond donors (Lipinski definition) is 1. The van der Waals surface area contributed by atoms with Gasteiger partial charge in [0.15, 0.2) is 0 Å². The molecule has 9 heteroatoms. The lowest BCUT2D eigenvalue weighted by Gasteiger charge is -2.30. The third kappa shape index (κ3) is 4.65. The van der Waals surface area contributed by atoms with Crippen LogP contribution in [-0.2, 0) is 7.05 Å². The molecule has 31 heavy (non-hydrogen) atoms. The van der Waals surface area contributed by atoms with Gasteiger partial charge in [0.2, 0.25) is 5.89 Å². The van der Waals surface area contributed by atoms with Crippen LogP contribution in [0.2, 0.25) is 0 Å². The molecule has 0 bridgehead atoms. The number of carbonyl (C=O) groups excluding carboxylic acids is 2. The Labute approximate surface area is 180 Å². The number of aromatic nitrogens is 4. The van der Waals surface area contributed by atoms with Gasteiger partial charge in [-0.05, 0) is 36.5 Å². The smallest absolute Gasteiger partial charge is 0.297 e. The van der Waals surface area contributed by atoms with Crippen molar-refractivity contribution in [3.05, 3.63) is 59.5 Å². The van der Waals surface area contributed by atoms with Gasteiger partial charge in [-0.1, -0.05) is 31.1 Å². The Kier molecular flexibility index (Phi) is 5.83. The molecule has 0 spiro atoms. The molecule has 1 N–H and O–H groups in total. The lowest BCUT2D eigenvalue weighted by atomic mass is 9.96. The van der Waals surface area contributed by atoms with Crippen molar-refractivity contribution in [2.24, 2.45) is 7.05 Å². The van der Waals surface area contributed by atoms with E-state index in [-0.39, 0.29) is 17.6 Å². The van der Waals surface area contributed by atoms with E-state index in [0.29, 0.717) is 49.0 Å². The average molecular weight is 422 g/mol. The van der Waals surface area contributed by atoms with E-state index >= 15 is 0 Å². The van der Waals surface area contributed by atoms with Crippen LogP contribution in [0.4, 0.5) is 5.69 Å². The highest BCUT2D eigenvalue weighted by Crippen LogP contribution is 2.28. The molecule has 0 unspecified atom stereocenters. The van der Waals surface area contributed by atoms with Crippen molar-refractivity contribution in [1.29, 1.82) is 0 Å². The Balaban J connectivity index is 1.33. The number of likely N-dealkylation sites (tertiary alicyclic amines) is 1. The second kappa shape index (κ2) is 8.71. The zero-order chi connectivity index (χ0) is 22.0.